The summed E-state index contributed by atoms with van der Waals surface area (Å²) < 4.78 is 0. The zero-order valence-corrected chi connectivity index (χ0v) is 16.3. The number of imide groups is 1. The highest BCUT2D eigenvalue weighted by atomic mass is 16.2. The van der Waals surface area contributed by atoms with Crippen molar-refractivity contribution in [2.24, 2.45) is 21.6 Å². The first-order chi connectivity index (χ1) is 13.5. The lowest BCUT2D eigenvalue weighted by molar-refractivity contribution is -0.124. The average molecular weight is 381 g/mol. The number of carbonyl (C=O) groups excluding carboxylic acids is 2. The van der Waals surface area contributed by atoms with Crippen molar-refractivity contribution in [3.8, 4) is 0 Å². The van der Waals surface area contributed by atoms with Crippen molar-refractivity contribution in [3.05, 3.63) is 35.9 Å². The molecule has 2 N–H and O–H groups in total. The molecule has 2 fully saturated rings. The van der Waals surface area contributed by atoms with Crippen LogP contribution < -0.4 is 5.73 Å². The van der Waals surface area contributed by atoms with Gasteiger partial charge in [-0.15, -0.1) is 0 Å². The molecule has 28 heavy (non-hydrogen) atoms. The Kier molecular flexibility index (Phi) is 5.02. The van der Waals surface area contributed by atoms with E-state index in [9.17, 15) is 9.59 Å². The van der Waals surface area contributed by atoms with E-state index in [0.717, 1.165) is 31.2 Å². The summed E-state index contributed by atoms with van der Waals surface area (Å²) in [5.41, 5.74) is 7.91. The van der Waals surface area contributed by atoms with Crippen LogP contribution in [0.5, 0.6) is 0 Å². The number of nitrogens with zero attached hydrogens (tertiary/aromatic N) is 4. The monoisotopic (exact) mass is 381 g/mol. The summed E-state index contributed by atoms with van der Waals surface area (Å²) in [6.45, 7) is 2.68. The van der Waals surface area contributed by atoms with Crippen LogP contribution in [-0.4, -0.2) is 52.2 Å². The summed E-state index contributed by atoms with van der Waals surface area (Å²) in [4.78, 5) is 38.2. The average Bonchev–Trinajstić information content (AvgIpc) is 3.34. The Hall–Kier alpha value is -2.54. The third-order valence-electron chi connectivity index (χ3n) is 5.82. The van der Waals surface area contributed by atoms with Crippen molar-refractivity contribution in [2.75, 3.05) is 13.1 Å². The fraction of sp³-hybridized carbons (Fsp3) is 0.524. The van der Waals surface area contributed by atoms with Gasteiger partial charge in [-0.1, -0.05) is 50.1 Å². The molecule has 0 aromatic heterocycles. The van der Waals surface area contributed by atoms with Gasteiger partial charge >= 0.3 is 6.03 Å². The van der Waals surface area contributed by atoms with E-state index in [-0.39, 0.29) is 17.7 Å². The second kappa shape index (κ2) is 7.47. The standard InChI is InChI=1S/C21H27N5O2/c1-2-13-25-19(27)17-21(22,24-18(23-17)16-10-6-7-11-16)26(20(25)28)14-12-15-8-4-3-5-9-15/h3-5,8-9,16H,2,6-7,10-14,22H2,1H3. The lowest BCUT2D eigenvalue weighted by atomic mass is 10.1. The molecule has 1 aliphatic carbocycles. The normalized spacial score (nSPS) is 25.2. The van der Waals surface area contributed by atoms with Crippen LogP contribution in [-0.2, 0) is 11.2 Å². The van der Waals surface area contributed by atoms with Crippen molar-refractivity contribution < 1.29 is 9.59 Å². The lowest BCUT2D eigenvalue weighted by Crippen LogP contribution is -2.72. The molecule has 0 bridgehead atoms. The molecule has 1 saturated heterocycles. The fourth-order valence-corrected chi connectivity index (χ4v) is 4.29. The number of hydrogen-bond donors (Lipinski definition) is 1. The third kappa shape index (κ3) is 3.13. The minimum absolute atomic E-state index is 0.190. The number of benzene rings is 1. The van der Waals surface area contributed by atoms with Crippen LogP contribution in [0, 0.1) is 5.92 Å². The van der Waals surface area contributed by atoms with Crippen molar-refractivity contribution in [1.82, 2.24) is 9.80 Å². The summed E-state index contributed by atoms with van der Waals surface area (Å²) in [5.74, 6) is -1.01. The maximum absolute atomic E-state index is 13.1. The number of urea groups is 1. The molecule has 3 aliphatic rings. The lowest BCUT2D eigenvalue weighted by Gasteiger charge is -2.43. The molecule has 4 rings (SSSR count). The van der Waals surface area contributed by atoms with E-state index < -0.39 is 11.7 Å². The predicted octanol–water partition coefficient (Wildman–Crippen LogP) is 2.56. The summed E-state index contributed by atoms with van der Waals surface area (Å²) in [6.07, 6.45) is 5.62. The first kappa shape index (κ1) is 18.8. The first-order valence-corrected chi connectivity index (χ1v) is 10.2. The van der Waals surface area contributed by atoms with E-state index in [1.807, 2.05) is 37.3 Å². The molecule has 1 atom stereocenters. The second-order valence-electron chi connectivity index (χ2n) is 7.76. The van der Waals surface area contributed by atoms with Gasteiger partial charge in [0.15, 0.2) is 5.71 Å². The molecular formula is C21H27N5O2. The SMILES string of the molecule is CCCN1C(=O)C2=NC(C3CCCC3)=NC2(N)N(CCc2ccccc2)C1=O. The number of fused-ring (bicyclic) bond motifs is 1. The van der Waals surface area contributed by atoms with Crippen LogP contribution in [0.25, 0.3) is 0 Å². The molecule has 2 aliphatic heterocycles. The van der Waals surface area contributed by atoms with Gasteiger partial charge in [0.05, 0.1) is 0 Å². The fourth-order valence-electron chi connectivity index (χ4n) is 4.29. The van der Waals surface area contributed by atoms with Crippen molar-refractivity contribution in [2.45, 2.75) is 51.2 Å². The summed E-state index contributed by atoms with van der Waals surface area (Å²) in [7, 11) is 0. The van der Waals surface area contributed by atoms with Gasteiger partial charge in [0.25, 0.3) is 5.91 Å². The van der Waals surface area contributed by atoms with E-state index in [1.165, 1.54) is 9.80 Å². The predicted molar refractivity (Wildman–Crippen MR) is 108 cm³/mol. The van der Waals surface area contributed by atoms with Crippen LogP contribution in [0.3, 0.4) is 0 Å². The van der Waals surface area contributed by atoms with Crippen molar-refractivity contribution in [1.29, 1.82) is 0 Å². The summed E-state index contributed by atoms with van der Waals surface area (Å²) >= 11 is 0. The smallest absolute Gasteiger partial charge is 0.284 e. The summed E-state index contributed by atoms with van der Waals surface area (Å²) in [6, 6.07) is 9.56. The molecule has 1 aromatic rings. The highest BCUT2D eigenvalue weighted by molar-refractivity contribution is 6.48. The molecule has 0 radical (unpaired) electrons. The van der Waals surface area contributed by atoms with E-state index in [4.69, 9.17) is 5.73 Å². The third-order valence-corrected chi connectivity index (χ3v) is 5.82. The molecule has 3 amide bonds. The van der Waals surface area contributed by atoms with E-state index >= 15 is 0 Å². The van der Waals surface area contributed by atoms with Gasteiger partial charge in [-0.2, -0.15) is 0 Å². The summed E-state index contributed by atoms with van der Waals surface area (Å²) in [5, 5.41) is 0. The zero-order chi connectivity index (χ0) is 19.7. The molecule has 148 valence electrons. The van der Waals surface area contributed by atoms with E-state index in [1.54, 1.807) is 0 Å². The molecule has 7 nitrogen and oxygen atoms in total. The van der Waals surface area contributed by atoms with Gasteiger partial charge in [-0.3, -0.25) is 20.3 Å². The Morgan fingerprint density at radius 2 is 1.86 bits per heavy atom. The molecular weight excluding hydrogens is 354 g/mol. The number of amidine groups is 1. The van der Waals surface area contributed by atoms with Gasteiger partial charge < -0.3 is 0 Å². The van der Waals surface area contributed by atoms with Crippen molar-refractivity contribution in [3.63, 3.8) is 0 Å². The van der Waals surface area contributed by atoms with Gasteiger partial charge in [0.1, 0.15) is 5.84 Å². The van der Waals surface area contributed by atoms with Crippen molar-refractivity contribution >= 4 is 23.5 Å². The van der Waals surface area contributed by atoms with E-state index in [0.29, 0.717) is 31.8 Å². The zero-order valence-electron chi connectivity index (χ0n) is 16.3. The maximum Gasteiger partial charge on any atom is 0.330 e. The van der Waals surface area contributed by atoms with Gasteiger partial charge in [-0.05, 0) is 31.2 Å². The topological polar surface area (TPSA) is 91.4 Å². The highest BCUT2D eigenvalue weighted by Gasteiger charge is 2.55. The van der Waals surface area contributed by atoms with Crippen LogP contribution >= 0.6 is 0 Å². The second-order valence-corrected chi connectivity index (χ2v) is 7.76. The van der Waals surface area contributed by atoms with Gasteiger partial charge in [0.2, 0.25) is 5.79 Å². The Labute approximate surface area is 165 Å². The number of amides is 3. The van der Waals surface area contributed by atoms with Gasteiger partial charge in [-0.25, -0.2) is 14.8 Å². The maximum atomic E-state index is 13.1. The number of carbonyl (C=O) groups is 2. The molecule has 1 aromatic carbocycles. The highest BCUT2D eigenvalue weighted by Crippen LogP contribution is 2.34. The number of aliphatic imine (C=N–C) groups is 2. The molecule has 1 saturated carbocycles. The quantitative estimate of drug-likeness (QED) is 0.821. The number of rotatable bonds is 6. The van der Waals surface area contributed by atoms with Crippen LogP contribution in [0.1, 0.15) is 44.6 Å². The Bertz CT molecular complexity index is 828. The number of nitrogens with two attached hydrogens (primary N) is 1. The number of hydrogen-bond acceptors (Lipinski definition) is 5. The molecule has 2 heterocycles. The Morgan fingerprint density at radius 3 is 2.54 bits per heavy atom. The first-order valence-electron chi connectivity index (χ1n) is 10.2. The Balaban J connectivity index is 1.66. The van der Waals surface area contributed by atoms with Crippen LogP contribution in [0.15, 0.2) is 40.3 Å². The Morgan fingerprint density at radius 1 is 1.14 bits per heavy atom. The van der Waals surface area contributed by atoms with Crippen LogP contribution in [0.2, 0.25) is 0 Å². The largest absolute Gasteiger partial charge is 0.330 e. The molecule has 0 spiro atoms. The molecule has 7 heteroatoms. The van der Waals surface area contributed by atoms with Crippen LogP contribution in [0.4, 0.5) is 4.79 Å². The van der Waals surface area contributed by atoms with E-state index in [2.05, 4.69) is 9.98 Å². The van der Waals surface area contributed by atoms with Gasteiger partial charge in [0, 0.05) is 19.0 Å². The minimum atomic E-state index is -1.48. The molecule has 1 unspecified atom stereocenters. The minimum Gasteiger partial charge on any atom is -0.284 e.